The summed E-state index contributed by atoms with van der Waals surface area (Å²) in [5, 5.41) is 2.94. The number of carbonyl (C=O) groups excluding carboxylic acids is 1. The van der Waals surface area contributed by atoms with Crippen molar-refractivity contribution in [1.29, 1.82) is 0 Å². The summed E-state index contributed by atoms with van der Waals surface area (Å²) in [6, 6.07) is 5.98. The Kier molecular flexibility index (Phi) is 3.39. The second-order valence-corrected chi connectivity index (χ2v) is 5.57. The Balaban J connectivity index is 2.18. The summed E-state index contributed by atoms with van der Waals surface area (Å²) >= 11 is 5.04. The van der Waals surface area contributed by atoms with Gasteiger partial charge in [0.15, 0.2) is 0 Å². The summed E-state index contributed by atoms with van der Waals surface area (Å²) in [6.07, 6.45) is 2.54. The van der Waals surface area contributed by atoms with Crippen LogP contribution >= 0.6 is 12.2 Å². The second kappa shape index (κ2) is 4.69. The van der Waals surface area contributed by atoms with Gasteiger partial charge in [-0.15, -0.1) is 0 Å². The fourth-order valence-corrected chi connectivity index (χ4v) is 2.71. The van der Waals surface area contributed by atoms with Crippen LogP contribution in [0.4, 0.5) is 5.69 Å². The van der Waals surface area contributed by atoms with Crippen molar-refractivity contribution in [2.75, 3.05) is 5.32 Å². The van der Waals surface area contributed by atoms with E-state index in [0.29, 0.717) is 4.99 Å². The van der Waals surface area contributed by atoms with Gasteiger partial charge >= 0.3 is 0 Å². The molecule has 0 aliphatic heterocycles. The molecule has 0 spiro atoms. The molecule has 3 nitrogen and oxygen atoms in total. The van der Waals surface area contributed by atoms with Crippen molar-refractivity contribution in [3.63, 3.8) is 0 Å². The molecule has 1 aromatic rings. The van der Waals surface area contributed by atoms with E-state index in [1.165, 1.54) is 0 Å². The van der Waals surface area contributed by atoms with Gasteiger partial charge in [0.25, 0.3) is 0 Å². The fourth-order valence-electron chi connectivity index (χ4n) is 2.41. The van der Waals surface area contributed by atoms with Gasteiger partial charge in [0.1, 0.15) is 0 Å². The third kappa shape index (κ3) is 2.25. The number of hydrogen-bond donors (Lipinski definition) is 2. The molecule has 1 saturated carbocycles. The molecule has 1 fully saturated rings. The highest BCUT2D eigenvalue weighted by Gasteiger charge is 2.46. The van der Waals surface area contributed by atoms with Crippen molar-refractivity contribution in [2.45, 2.75) is 33.1 Å². The molecule has 2 rings (SSSR count). The lowest BCUT2D eigenvalue weighted by Gasteiger charge is -2.39. The first-order valence-electron chi connectivity index (χ1n) is 6.14. The number of carbonyl (C=O) groups is 1. The highest BCUT2D eigenvalue weighted by Crippen LogP contribution is 2.42. The first-order valence-corrected chi connectivity index (χ1v) is 6.54. The Bertz CT molecular complexity index is 486. The van der Waals surface area contributed by atoms with E-state index < -0.39 is 5.41 Å². The Morgan fingerprint density at radius 1 is 1.28 bits per heavy atom. The molecular formula is C14H18N2OS. The average molecular weight is 262 g/mol. The smallest absolute Gasteiger partial charge is 0.237 e. The van der Waals surface area contributed by atoms with Crippen LogP contribution in [0.15, 0.2) is 18.2 Å². The second-order valence-electron chi connectivity index (χ2n) is 5.13. The number of aryl methyl sites for hydroxylation is 2. The van der Waals surface area contributed by atoms with Crippen LogP contribution in [-0.2, 0) is 4.79 Å². The minimum absolute atomic E-state index is 0.0637. The van der Waals surface area contributed by atoms with E-state index in [1.54, 1.807) is 0 Å². The summed E-state index contributed by atoms with van der Waals surface area (Å²) in [5.74, 6) is -0.0637. The zero-order chi connectivity index (χ0) is 13.3. The first-order chi connectivity index (χ1) is 8.44. The predicted octanol–water partition coefficient (Wildman–Crippen LogP) is 2.70. The molecule has 0 bridgehead atoms. The van der Waals surface area contributed by atoms with E-state index in [9.17, 15) is 4.79 Å². The molecule has 1 amide bonds. The average Bonchev–Trinajstić information content (AvgIpc) is 2.11. The number of amides is 1. The topological polar surface area (TPSA) is 55.1 Å². The van der Waals surface area contributed by atoms with Crippen LogP contribution in [0.5, 0.6) is 0 Å². The van der Waals surface area contributed by atoms with Crippen molar-refractivity contribution in [2.24, 2.45) is 11.1 Å². The van der Waals surface area contributed by atoms with E-state index in [1.807, 2.05) is 26.0 Å². The molecule has 18 heavy (non-hydrogen) atoms. The lowest BCUT2D eigenvalue weighted by molar-refractivity contribution is -0.125. The normalized spacial score (nSPS) is 16.8. The van der Waals surface area contributed by atoms with Crippen LogP contribution < -0.4 is 11.1 Å². The Morgan fingerprint density at radius 2 is 1.83 bits per heavy atom. The third-order valence-corrected chi connectivity index (χ3v) is 3.98. The van der Waals surface area contributed by atoms with E-state index >= 15 is 0 Å². The molecule has 0 aromatic heterocycles. The SMILES string of the molecule is Cc1cc(C)cc(NC(=O)C2(C(N)=S)CCC2)c1. The molecule has 0 radical (unpaired) electrons. The zero-order valence-corrected chi connectivity index (χ0v) is 11.6. The number of benzene rings is 1. The quantitative estimate of drug-likeness (QED) is 0.823. The van der Waals surface area contributed by atoms with Crippen molar-refractivity contribution < 1.29 is 4.79 Å². The summed E-state index contributed by atoms with van der Waals surface area (Å²) in [7, 11) is 0. The standard InChI is InChI=1S/C14H18N2OS/c1-9-6-10(2)8-11(7-9)16-13(17)14(12(15)18)4-3-5-14/h6-8H,3-5H2,1-2H3,(H2,15,18)(H,16,17). The molecule has 0 saturated heterocycles. The first kappa shape index (κ1) is 13.0. The molecule has 3 N–H and O–H groups in total. The number of hydrogen-bond acceptors (Lipinski definition) is 2. The molecule has 1 aliphatic rings. The molecule has 0 unspecified atom stereocenters. The van der Waals surface area contributed by atoms with Gasteiger partial charge in [-0.1, -0.05) is 24.7 Å². The highest BCUT2D eigenvalue weighted by atomic mass is 32.1. The van der Waals surface area contributed by atoms with Crippen LogP contribution in [-0.4, -0.2) is 10.9 Å². The van der Waals surface area contributed by atoms with Gasteiger partial charge < -0.3 is 11.1 Å². The van der Waals surface area contributed by atoms with Gasteiger partial charge in [-0.05, 0) is 49.9 Å². The fraction of sp³-hybridized carbons (Fsp3) is 0.429. The van der Waals surface area contributed by atoms with Crippen molar-refractivity contribution in [3.8, 4) is 0 Å². The maximum Gasteiger partial charge on any atom is 0.237 e. The summed E-state index contributed by atoms with van der Waals surface area (Å²) < 4.78 is 0. The van der Waals surface area contributed by atoms with Crippen molar-refractivity contribution >= 4 is 28.8 Å². The van der Waals surface area contributed by atoms with Crippen molar-refractivity contribution in [1.82, 2.24) is 0 Å². The number of nitrogens with one attached hydrogen (secondary N) is 1. The maximum atomic E-state index is 12.3. The van der Waals surface area contributed by atoms with Gasteiger partial charge in [0.05, 0.1) is 10.4 Å². The number of thiocarbonyl (C=S) groups is 1. The number of nitrogens with two attached hydrogens (primary N) is 1. The maximum absolute atomic E-state index is 12.3. The summed E-state index contributed by atoms with van der Waals surface area (Å²) in [5.41, 5.74) is 8.18. The Hall–Kier alpha value is -1.42. The molecule has 0 heterocycles. The van der Waals surface area contributed by atoms with Crippen LogP contribution in [0.25, 0.3) is 0 Å². The predicted molar refractivity (Wildman–Crippen MR) is 77.6 cm³/mol. The third-order valence-electron chi connectivity index (χ3n) is 3.59. The summed E-state index contributed by atoms with van der Waals surface area (Å²) in [6.45, 7) is 4.02. The monoisotopic (exact) mass is 262 g/mol. The molecule has 96 valence electrons. The van der Waals surface area contributed by atoms with E-state index in [-0.39, 0.29) is 5.91 Å². The molecule has 0 atom stereocenters. The van der Waals surface area contributed by atoms with Gasteiger partial charge in [0.2, 0.25) is 5.91 Å². The summed E-state index contributed by atoms with van der Waals surface area (Å²) in [4.78, 5) is 12.6. The van der Waals surface area contributed by atoms with Crippen LogP contribution in [0.3, 0.4) is 0 Å². The zero-order valence-electron chi connectivity index (χ0n) is 10.7. The Morgan fingerprint density at radius 3 is 2.22 bits per heavy atom. The largest absolute Gasteiger partial charge is 0.392 e. The number of anilines is 1. The van der Waals surface area contributed by atoms with Crippen LogP contribution in [0, 0.1) is 19.3 Å². The lowest BCUT2D eigenvalue weighted by atomic mass is 9.68. The minimum Gasteiger partial charge on any atom is -0.392 e. The van der Waals surface area contributed by atoms with E-state index in [0.717, 1.165) is 36.1 Å². The van der Waals surface area contributed by atoms with E-state index in [2.05, 4.69) is 11.4 Å². The van der Waals surface area contributed by atoms with Crippen LogP contribution in [0.1, 0.15) is 30.4 Å². The Labute approximate surface area is 113 Å². The number of rotatable bonds is 3. The van der Waals surface area contributed by atoms with Gasteiger partial charge in [-0.2, -0.15) is 0 Å². The van der Waals surface area contributed by atoms with Gasteiger partial charge in [-0.3, -0.25) is 4.79 Å². The van der Waals surface area contributed by atoms with Crippen molar-refractivity contribution in [3.05, 3.63) is 29.3 Å². The van der Waals surface area contributed by atoms with Crippen LogP contribution in [0.2, 0.25) is 0 Å². The highest BCUT2D eigenvalue weighted by molar-refractivity contribution is 7.80. The van der Waals surface area contributed by atoms with E-state index in [4.69, 9.17) is 18.0 Å². The van der Waals surface area contributed by atoms with Gasteiger partial charge in [0, 0.05) is 5.69 Å². The molecule has 4 heteroatoms. The molecule has 1 aliphatic carbocycles. The molecule has 1 aromatic carbocycles. The minimum atomic E-state index is -0.618. The molecular weight excluding hydrogens is 244 g/mol. The van der Waals surface area contributed by atoms with Gasteiger partial charge in [-0.25, -0.2) is 0 Å². The lowest BCUT2D eigenvalue weighted by Crippen LogP contribution is -2.50.